The van der Waals surface area contributed by atoms with E-state index in [0.717, 1.165) is 44.9 Å². The van der Waals surface area contributed by atoms with Gasteiger partial charge in [-0.1, -0.05) is 6.07 Å². The molecule has 4 nitrogen and oxygen atoms in total. The molecule has 0 atom stereocenters. The van der Waals surface area contributed by atoms with E-state index < -0.39 is 0 Å². The fourth-order valence-corrected chi connectivity index (χ4v) is 1.95. The molecule has 5 heteroatoms. The first-order valence-electron chi connectivity index (χ1n) is 6.96. The minimum absolute atomic E-state index is 0.216. The summed E-state index contributed by atoms with van der Waals surface area (Å²) in [5.74, 6) is -0.216. The Labute approximate surface area is 120 Å². The molecule has 0 heterocycles. The van der Waals surface area contributed by atoms with Gasteiger partial charge in [-0.15, -0.1) is 0 Å². The molecule has 1 aromatic carbocycles. The zero-order valence-corrected chi connectivity index (χ0v) is 12.4. The first-order chi connectivity index (χ1) is 9.76. The summed E-state index contributed by atoms with van der Waals surface area (Å²) >= 11 is 0. The highest BCUT2D eigenvalue weighted by atomic mass is 19.1. The summed E-state index contributed by atoms with van der Waals surface area (Å²) in [5, 5.41) is 3.23. The minimum Gasteiger partial charge on any atom is -0.385 e. The van der Waals surface area contributed by atoms with Crippen molar-refractivity contribution < 1.29 is 13.9 Å². The van der Waals surface area contributed by atoms with Crippen molar-refractivity contribution in [2.24, 2.45) is 0 Å². The van der Waals surface area contributed by atoms with Gasteiger partial charge >= 0.3 is 0 Å². The maximum Gasteiger partial charge on any atom is 0.125 e. The van der Waals surface area contributed by atoms with Crippen molar-refractivity contribution in [2.45, 2.75) is 6.42 Å². The van der Waals surface area contributed by atoms with Crippen molar-refractivity contribution in [1.29, 1.82) is 0 Å². The molecule has 0 spiro atoms. The molecule has 0 amide bonds. The van der Waals surface area contributed by atoms with E-state index >= 15 is 0 Å². The lowest BCUT2D eigenvalue weighted by molar-refractivity contribution is 0.135. The molecular weight excluding hydrogens is 259 g/mol. The van der Waals surface area contributed by atoms with Crippen LogP contribution in [0.5, 0.6) is 0 Å². The van der Waals surface area contributed by atoms with Gasteiger partial charge in [-0.2, -0.15) is 0 Å². The molecule has 0 unspecified atom stereocenters. The van der Waals surface area contributed by atoms with Gasteiger partial charge in [0, 0.05) is 52.7 Å². The summed E-state index contributed by atoms with van der Waals surface area (Å²) in [5.41, 5.74) is 0.814. The zero-order valence-electron chi connectivity index (χ0n) is 12.4. The molecule has 0 saturated heterocycles. The fourth-order valence-electron chi connectivity index (χ4n) is 1.95. The van der Waals surface area contributed by atoms with Crippen LogP contribution < -0.4 is 5.32 Å². The zero-order chi connectivity index (χ0) is 14.6. The summed E-state index contributed by atoms with van der Waals surface area (Å²) in [6.07, 6.45) is 1.00. The molecule has 0 fully saturated rings. The van der Waals surface area contributed by atoms with Crippen molar-refractivity contribution >= 4 is 5.69 Å². The maximum atomic E-state index is 13.0. The number of anilines is 1. The SMILES string of the molecule is COCCCN(CCNc1cccc(F)c1)CCOC. The maximum absolute atomic E-state index is 13.0. The Bertz CT molecular complexity index is 363. The molecule has 1 rings (SSSR count). The second kappa shape index (κ2) is 10.6. The third-order valence-corrected chi connectivity index (χ3v) is 3.02. The van der Waals surface area contributed by atoms with Crippen LogP contribution in [0.2, 0.25) is 0 Å². The van der Waals surface area contributed by atoms with Crippen molar-refractivity contribution in [3.05, 3.63) is 30.1 Å². The smallest absolute Gasteiger partial charge is 0.125 e. The van der Waals surface area contributed by atoms with Gasteiger partial charge in [0.15, 0.2) is 0 Å². The highest BCUT2D eigenvalue weighted by Gasteiger charge is 2.04. The molecular formula is C15H25FN2O2. The lowest BCUT2D eigenvalue weighted by Crippen LogP contribution is -2.33. The Balaban J connectivity index is 2.29. The quantitative estimate of drug-likeness (QED) is 0.632. The van der Waals surface area contributed by atoms with Crippen LogP contribution in [0.25, 0.3) is 0 Å². The predicted molar refractivity (Wildman–Crippen MR) is 79.7 cm³/mol. The van der Waals surface area contributed by atoms with Gasteiger partial charge in [0.25, 0.3) is 0 Å². The Morgan fingerprint density at radius 1 is 1.10 bits per heavy atom. The molecule has 20 heavy (non-hydrogen) atoms. The lowest BCUT2D eigenvalue weighted by Gasteiger charge is -2.22. The minimum atomic E-state index is -0.216. The summed E-state index contributed by atoms with van der Waals surface area (Å²) in [4.78, 5) is 2.31. The van der Waals surface area contributed by atoms with E-state index in [2.05, 4.69) is 10.2 Å². The van der Waals surface area contributed by atoms with Crippen molar-refractivity contribution in [3.63, 3.8) is 0 Å². The van der Waals surface area contributed by atoms with Gasteiger partial charge < -0.3 is 14.8 Å². The van der Waals surface area contributed by atoms with Crippen LogP contribution in [0.4, 0.5) is 10.1 Å². The number of nitrogens with one attached hydrogen (secondary N) is 1. The van der Waals surface area contributed by atoms with Gasteiger partial charge in [-0.05, 0) is 24.6 Å². The Morgan fingerprint density at radius 2 is 1.90 bits per heavy atom. The monoisotopic (exact) mass is 284 g/mol. The van der Waals surface area contributed by atoms with E-state index in [1.165, 1.54) is 12.1 Å². The summed E-state index contributed by atoms with van der Waals surface area (Å²) in [6.45, 7) is 5.02. The van der Waals surface area contributed by atoms with Gasteiger partial charge in [0.05, 0.1) is 6.61 Å². The summed E-state index contributed by atoms with van der Waals surface area (Å²) in [7, 11) is 3.42. The van der Waals surface area contributed by atoms with Crippen LogP contribution in [-0.4, -0.2) is 58.5 Å². The van der Waals surface area contributed by atoms with E-state index in [1.54, 1.807) is 20.3 Å². The largest absolute Gasteiger partial charge is 0.385 e. The summed E-state index contributed by atoms with van der Waals surface area (Å²) in [6, 6.07) is 6.53. The second-order valence-corrected chi connectivity index (χ2v) is 4.62. The van der Waals surface area contributed by atoms with Gasteiger partial charge in [-0.25, -0.2) is 4.39 Å². The van der Waals surface area contributed by atoms with E-state index in [9.17, 15) is 4.39 Å². The highest BCUT2D eigenvalue weighted by Crippen LogP contribution is 2.08. The van der Waals surface area contributed by atoms with Crippen molar-refractivity contribution in [2.75, 3.05) is 58.9 Å². The highest BCUT2D eigenvalue weighted by molar-refractivity contribution is 5.42. The molecule has 0 aliphatic rings. The average molecular weight is 284 g/mol. The molecule has 1 aromatic rings. The predicted octanol–water partition coefficient (Wildman–Crippen LogP) is 2.22. The van der Waals surface area contributed by atoms with Gasteiger partial charge in [0.1, 0.15) is 5.82 Å². The Kier molecular flexibility index (Phi) is 8.95. The third-order valence-electron chi connectivity index (χ3n) is 3.02. The first-order valence-corrected chi connectivity index (χ1v) is 6.96. The summed E-state index contributed by atoms with van der Waals surface area (Å²) < 4.78 is 23.2. The van der Waals surface area contributed by atoms with Crippen LogP contribution in [0.15, 0.2) is 24.3 Å². The van der Waals surface area contributed by atoms with Crippen LogP contribution >= 0.6 is 0 Å². The number of nitrogens with zero attached hydrogens (tertiary/aromatic N) is 1. The number of rotatable bonds is 11. The number of halogens is 1. The molecule has 0 bridgehead atoms. The van der Waals surface area contributed by atoms with Gasteiger partial charge in [0.2, 0.25) is 0 Å². The standard InChI is InChI=1S/C15H25FN2O2/c1-19-11-4-8-18(10-12-20-2)9-7-17-15-6-3-5-14(16)13-15/h3,5-6,13,17H,4,7-12H2,1-2H3. The second-order valence-electron chi connectivity index (χ2n) is 4.62. The van der Waals surface area contributed by atoms with E-state index in [1.807, 2.05) is 6.07 Å². The van der Waals surface area contributed by atoms with Crippen LogP contribution in [0.3, 0.4) is 0 Å². The molecule has 0 radical (unpaired) electrons. The number of hydrogen-bond donors (Lipinski definition) is 1. The van der Waals surface area contributed by atoms with Crippen molar-refractivity contribution in [1.82, 2.24) is 4.90 Å². The molecule has 0 aliphatic heterocycles. The van der Waals surface area contributed by atoms with Crippen LogP contribution in [-0.2, 0) is 9.47 Å². The number of benzene rings is 1. The fraction of sp³-hybridized carbons (Fsp3) is 0.600. The molecule has 0 aliphatic carbocycles. The van der Waals surface area contributed by atoms with Gasteiger partial charge in [-0.3, -0.25) is 4.90 Å². The lowest BCUT2D eigenvalue weighted by atomic mass is 10.3. The van der Waals surface area contributed by atoms with Crippen LogP contribution in [0.1, 0.15) is 6.42 Å². The van der Waals surface area contributed by atoms with E-state index in [-0.39, 0.29) is 5.82 Å². The Morgan fingerprint density at radius 3 is 2.60 bits per heavy atom. The topological polar surface area (TPSA) is 33.7 Å². The van der Waals surface area contributed by atoms with Crippen LogP contribution in [0, 0.1) is 5.82 Å². The van der Waals surface area contributed by atoms with E-state index in [4.69, 9.17) is 9.47 Å². The Hall–Kier alpha value is -1.17. The molecule has 0 aromatic heterocycles. The normalized spacial score (nSPS) is 11.0. The van der Waals surface area contributed by atoms with E-state index in [0.29, 0.717) is 6.61 Å². The third kappa shape index (κ3) is 7.43. The average Bonchev–Trinajstić information content (AvgIpc) is 2.44. The molecule has 114 valence electrons. The molecule has 0 saturated carbocycles. The first kappa shape index (κ1) is 16.9. The number of ether oxygens (including phenoxy) is 2. The van der Waals surface area contributed by atoms with Crippen molar-refractivity contribution in [3.8, 4) is 0 Å². The molecule has 1 N–H and O–H groups in total. The number of methoxy groups -OCH3 is 2. The number of hydrogen-bond acceptors (Lipinski definition) is 4.